The summed E-state index contributed by atoms with van der Waals surface area (Å²) in [6, 6.07) is 24.9. The number of carboxylic acid groups (broad SMARTS) is 1. The van der Waals surface area contributed by atoms with Crippen molar-refractivity contribution in [3.8, 4) is 34.0 Å². The van der Waals surface area contributed by atoms with Gasteiger partial charge in [0.1, 0.15) is 17.2 Å². The first kappa shape index (κ1) is 39.1. The van der Waals surface area contributed by atoms with Crippen LogP contribution in [-0.4, -0.2) is 44.8 Å². The third kappa shape index (κ3) is 9.17. The number of ether oxygens (including phenoxy) is 2. The van der Waals surface area contributed by atoms with E-state index in [4.69, 9.17) is 14.6 Å². The molecule has 8 nitrogen and oxygen atoms in total. The summed E-state index contributed by atoms with van der Waals surface area (Å²) >= 11 is 0. The van der Waals surface area contributed by atoms with E-state index in [2.05, 4.69) is 44.6 Å². The zero-order chi connectivity index (χ0) is 36.5. The summed E-state index contributed by atoms with van der Waals surface area (Å²) in [5, 5.41) is 11.1. The maximum absolute atomic E-state index is 13.4. The van der Waals surface area contributed by atoms with Crippen molar-refractivity contribution in [3.05, 3.63) is 139 Å². The largest absolute Gasteiger partial charge is 0.497 e. The van der Waals surface area contributed by atoms with Crippen molar-refractivity contribution in [2.45, 2.75) is 19.9 Å². The van der Waals surface area contributed by atoms with Gasteiger partial charge >= 0.3 is 5.97 Å². The van der Waals surface area contributed by atoms with Gasteiger partial charge in [0.05, 0.1) is 25.9 Å². The van der Waals surface area contributed by atoms with Gasteiger partial charge in [0.15, 0.2) is 0 Å². The summed E-state index contributed by atoms with van der Waals surface area (Å²) in [6.45, 7) is 3.03. The fourth-order valence-corrected chi connectivity index (χ4v) is 5.16. The van der Waals surface area contributed by atoms with Gasteiger partial charge in [0.25, 0.3) is 0 Å². The summed E-state index contributed by atoms with van der Waals surface area (Å²) in [4.78, 5) is 23.0. The number of hydrogen-bond donors (Lipinski definition) is 1. The third-order valence-corrected chi connectivity index (χ3v) is 7.49. The molecule has 7 rings (SSSR count). The number of carbonyl (C=O) groups is 1. The third-order valence-electron chi connectivity index (χ3n) is 7.49. The summed E-state index contributed by atoms with van der Waals surface area (Å²) in [5.74, 6) is -2.59. The van der Waals surface area contributed by atoms with E-state index in [1.807, 2.05) is 18.2 Å². The van der Waals surface area contributed by atoms with Gasteiger partial charge in [0, 0.05) is 78.6 Å². The van der Waals surface area contributed by atoms with Crippen LogP contribution in [0, 0.1) is 35.4 Å². The fraction of sp³-hybridized carbons (Fsp3) is 0.128. The van der Waals surface area contributed by atoms with Gasteiger partial charge in [-0.25, -0.2) is 9.78 Å². The SMILES string of the molecule is CCCn1c2ccccc2c2cc(C(=O)O)ncc21.COc1ccnc(-c2[c-]cc(F)cc2F)c1.COc1ccnc(-c2[c-]cc(F)cc2F)c1.[Ir]. The number of benzene rings is 3. The fourth-order valence-electron chi connectivity index (χ4n) is 5.16. The zero-order valence-electron chi connectivity index (χ0n) is 28.0. The first-order chi connectivity index (χ1) is 24.6. The molecule has 0 amide bonds. The van der Waals surface area contributed by atoms with Crippen LogP contribution in [0.15, 0.2) is 97.5 Å². The van der Waals surface area contributed by atoms with Crippen LogP contribution in [-0.2, 0) is 26.7 Å². The van der Waals surface area contributed by atoms with Gasteiger partial charge in [-0.15, -0.1) is 24.3 Å². The number of halogens is 4. The number of pyridine rings is 3. The minimum Gasteiger partial charge on any atom is -0.497 e. The van der Waals surface area contributed by atoms with Crippen LogP contribution in [0.4, 0.5) is 17.6 Å². The average Bonchev–Trinajstić information content (AvgIpc) is 3.45. The number of rotatable bonds is 7. The minimum absolute atomic E-state index is 0. The van der Waals surface area contributed by atoms with Crippen LogP contribution >= 0.6 is 0 Å². The van der Waals surface area contributed by atoms with E-state index in [1.165, 1.54) is 26.6 Å². The van der Waals surface area contributed by atoms with Crippen LogP contribution in [0.3, 0.4) is 0 Å². The Bertz CT molecular complexity index is 2220. The van der Waals surface area contributed by atoms with Crippen molar-refractivity contribution in [2.24, 2.45) is 0 Å². The van der Waals surface area contributed by atoms with Crippen molar-refractivity contribution >= 4 is 27.8 Å². The molecule has 0 spiro atoms. The van der Waals surface area contributed by atoms with Crippen molar-refractivity contribution in [1.29, 1.82) is 0 Å². The summed E-state index contributed by atoms with van der Waals surface area (Å²) in [7, 11) is 3.01. The molecular formula is C39H30F4IrN4O4-2. The smallest absolute Gasteiger partial charge is 0.354 e. The Morgan fingerprint density at radius 3 is 1.77 bits per heavy atom. The van der Waals surface area contributed by atoms with Crippen LogP contribution in [0.1, 0.15) is 23.8 Å². The van der Waals surface area contributed by atoms with E-state index in [1.54, 1.807) is 36.5 Å². The summed E-state index contributed by atoms with van der Waals surface area (Å²) in [6.07, 6.45) is 5.67. The number of fused-ring (bicyclic) bond motifs is 3. The summed E-state index contributed by atoms with van der Waals surface area (Å²) in [5.41, 5.74) is 3.18. The molecule has 0 aliphatic rings. The molecule has 0 aliphatic heterocycles. The quantitative estimate of drug-likeness (QED) is 0.126. The normalized spacial score (nSPS) is 10.4. The number of hydrogen-bond acceptors (Lipinski definition) is 6. The van der Waals surface area contributed by atoms with Crippen molar-refractivity contribution in [1.82, 2.24) is 19.5 Å². The topological polar surface area (TPSA) is 99.4 Å². The van der Waals surface area contributed by atoms with Gasteiger partial charge in [-0.05, 0) is 54.2 Å². The molecule has 4 aromatic heterocycles. The van der Waals surface area contributed by atoms with E-state index in [9.17, 15) is 22.4 Å². The van der Waals surface area contributed by atoms with Gasteiger partial charge < -0.3 is 29.1 Å². The number of aromatic nitrogens is 4. The Morgan fingerprint density at radius 2 is 1.29 bits per heavy atom. The number of aromatic carboxylic acids is 1. The molecule has 0 atom stereocenters. The van der Waals surface area contributed by atoms with Crippen LogP contribution < -0.4 is 9.47 Å². The van der Waals surface area contributed by atoms with Crippen molar-refractivity contribution < 1.29 is 57.0 Å². The second-order valence-electron chi connectivity index (χ2n) is 10.8. The number of carboxylic acids is 1. The number of methoxy groups -OCH3 is 2. The molecule has 1 N–H and O–H groups in total. The Balaban J connectivity index is 0.000000174. The monoisotopic (exact) mass is 887 g/mol. The average molecular weight is 887 g/mol. The number of para-hydroxylation sites is 1. The molecule has 0 aliphatic carbocycles. The summed E-state index contributed by atoms with van der Waals surface area (Å²) < 4.78 is 64.4. The number of nitrogens with zero attached hydrogens (tertiary/aromatic N) is 4. The molecular weight excluding hydrogens is 857 g/mol. The first-order valence-corrected chi connectivity index (χ1v) is 15.5. The van der Waals surface area contributed by atoms with Crippen LogP contribution in [0.2, 0.25) is 0 Å². The van der Waals surface area contributed by atoms with E-state index >= 15 is 0 Å². The van der Waals surface area contributed by atoms with Crippen LogP contribution in [0.5, 0.6) is 11.5 Å². The Kier molecular flexibility index (Phi) is 13.6. The molecule has 3 aromatic carbocycles. The van der Waals surface area contributed by atoms with Crippen LogP contribution in [0.25, 0.3) is 44.3 Å². The molecule has 4 heterocycles. The molecule has 0 bridgehead atoms. The minimum atomic E-state index is -0.991. The van der Waals surface area contributed by atoms with Gasteiger partial charge in [0.2, 0.25) is 0 Å². The Morgan fingerprint density at radius 1 is 0.750 bits per heavy atom. The maximum Gasteiger partial charge on any atom is 0.354 e. The van der Waals surface area contributed by atoms with Gasteiger partial charge in [-0.1, -0.05) is 48.4 Å². The Labute approximate surface area is 310 Å². The molecule has 13 heteroatoms. The molecule has 0 saturated heterocycles. The molecule has 7 aromatic rings. The molecule has 0 saturated carbocycles. The second kappa shape index (κ2) is 18.0. The number of aryl methyl sites for hydroxylation is 1. The second-order valence-corrected chi connectivity index (χ2v) is 10.8. The predicted molar refractivity (Wildman–Crippen MR) is 184 cm³/mol. The molecule has 0 unspecified atom stereocenters. The Hall–Kier alpha value is -5.65. The van der Waals surface area contributed by atoms with E-state index < -0.39 is 29.2 Å². The van der Waals surface area contributed by atoms with Crippen molar-refractivity contribution in [2.75, 3.05) is 14.2 Å². The van der Waals surface area contributed by atoms with E-state index in [0.29, 0.717) is 22.9 Å². The van der Waals surface area contributed by atoms with Crippen molar-refractivity contribution in [3.63, 3.8) is 0 Å². The van der Waals surface area contributed by atoms with E-state index in [0.717, 1.165) is 59.0 Å². The molecule has 269 valence electrons. The first-order valence-electron chi connectivity index (χ1n) is 15.5. The molecule has 1 radical (unpaired) electrons. The maximum atomic E-state index is 13.4. The zero-order valence-corrected chi connectivity index (χ0v) is 30.4. The van der Waals surface area contributed by atoms with E-state index in [-0.39, 0.29) is 36.9 Å². The standard InChI is InChI=1S/C15H14N2O2.2C12H8F2NO.Ir/c1-2-7-17-13-6-4-3-5-10(13)11-8-12(15(18)19)16-9-14(11)17;2*1-16-9-4-5-15-12(7-9)10-3-2-8(13)6-11(10)14;/h3-6,8-9H,2,7H2,1H3,(H,18,19);2*2,4-7H,1H3;/q;2*-1;. The molecule has 52 heavy (non-hydrogen) atoms. The van der Waals surface area contributed by atoms with Gasteiger partial charge in [-0.3, -0.25) is 17.6 Å². The predicted octanol–water partition coefficient (Wildman–Crippen LogP) is 8.97. The van der Waals surface area contributed by atoms with Gasteiger partial charge in [-0.2, -0.15) is 0 Å². The molecule has 0 fully saturated rings.